The van der Waals surface area contributed by atoms with Crippen molar-refractivity contribution in [1.82, 2.24) is 4.90 Å². The molecule has 1 aromatic rings. The molecule has 96 valence electrons. The zero-order valence-corrected chi connectivity index (χ0v) is 11.5. The third kappa shape index (κ3) is 4.75. The van der Waals surface area contributed by atoms with Crippen LogP contribution >= 0.6 is 12.4 Å². The van der Waals surface area contributed by atoms with Crippen molar-refractivity contribution >= 4 is 18.3 Å². The largest absolute Gasteiger partial charge is 0.341 e. The van der Waals surface area contributed by atoms with E-state index in [0.717, 1.165) is 17.7 Å². The topological polar surface area (TPSA) is 46.3 Å². The van der Waals surface area contributed by atoms with Crippen molar-refractivity contribution in [1.29, 1.82) is 0 Å². The Kier molecular flexibility index (Phi) is 6.85. The lowest BCUT2D eigenvalue weighted by Crippen LogP contribution is -2.30. The molecule has 3 nitrogen and oxygen atoms in total. The van der Waals surface area contributed by atoms with E-state index >= 15 is 0 Å². The van der Waals surface area contributed by atoms with E-state index in [9.17, 15) is 4.79 Å². The van der Waals surface area contributed by atoms with Crippen LogP contribution in [0, 0.1) is 5.92 Å². The van der Waals surface area contributed by atoms with Gasteiger partial charge in [0.15, 0.2) is 0 Å². The first-order valence-corrected chi connectivity index (χ1v) is 5.59. The Labute approximate surface area is 109 Å². The lowest BCUT2D eigenvalue weighted by atomic mass is 10.1. The first-order valence-electron chi connectivity index (χ1n) is 5.59. The highest BCUT2D eigenvalue weighted by Crippen LogP contribution is 2.08. The molecule has 0 aromatic heterocycles. The monoisotopic (exact) mass is 256 g/mol. The molecule has 0 bridgehead atoms. The van der Waals surface area contributed by atoms with Gasteiger partial charge in [0.1, 0.15) is 0 Å². The minimum atomic E-state index is 0. The quantitative estimate of drug-likeness (QED) is 0.899. The van der Waals surface area contributed by atoms with E-state index in [1.807, 2.05) is 31.3 Å². The second-order valence-corrected chi connectivity index (χ2v) is 4.48. The number of rotatable bonds is 4. The smallest absolute Gasteiger partial charge is 0.253 e. The van der Waals surface area contributed by atoms with Gasteiger partial charge in [-0.05, 0) is 23.6 Å². The van der Waals surface area contributed by atoms with Gasteiger partial charge in [0.05, 0.1) is 0 Å². The van der Waals surface area contributed by atoms with E-state index in [-0.39, 0.29) is 18.3 Å². The molecule has 0 heterocycles. The zero-order chi connectivity index (χ0) is 12.1. The van der Waals surface area contributed by atoms with Crippen molar-refractivity contribution in [3.63, 3.8) is 0 Å². The molecule has 0 saturated carbocycles. The molecule has 0 aliphatic carbocycles. The predicted molar refractivity (Wildman–Crippen MR) is 73.4 cm³/mol. The van der Waals surface area contributed by atoms with Crippen LogP contribution in [0.3, 0.4) is 0 Å². The zero-order valence-electron chi connectivity index (χ0n) is 10.6. The highest BCUT2D eigenvalue weighted by molar-refractivity contribution is 5.94. The van der Waals surface area contributed by atoms with Crippen molar-refractivity contribution < 1.29 is 4.79 Å². The summed E-state index contributed by atoms with van der Waals surface area (Å²) in [5, 5.41) is 0. The number of hydrogen-bond acceptors (Lipinski definition) is 2. The van der Waals surface area contributed by atoms with Crippen LogP contribution in [0.15, 0.2) is 24.3 Å². The number of carbonyl (C=O) groups is 1. The van der Waals surface area contributed by atoms with E-state index in [1.54, 1.807) is 4.90 Å². The van der Waals surface area contributed by atoms with Gasteiger partial charge in [0, 0.05) is 25.7 Å². The first kappa shape index (κ1) is 15.9. The predicted octanol–water partition coefficient (Wildman–Crippen LogP) is 2.30. The summed E-state index contributed by atoms with van der Waals surface area (Å²) in [7, 11) is 1.83. The number of carbonyl (C=O) groups excluding carboxylic acids is 1. The number of halogens is 1. The molecule has 0 radical (unpaired) electrons. The average molecular weight is 257 g/mol. The Morgan fingerprint density at radius 1 is 1.29 bits per heavy atom. The minimum absolute atomic E-state index is 0. The fourth-order valence-corrected chi connectivity index (χ4v) is 1.63. The van der Waals surface area contributed by atoms with Crippen LogP contribution in [0.5, 0.6) is 0 Å². The third-order valence-corrected chi connectivity index (χ3v) is 2.42. The molecule has 1 rings (SSSR count). The van der Waals surface area contributed by atoms with Crippen molar-refractivity contribution in [2.24, 2.45) is 11.7 Å². The van der Waals surface area contributed by atoms with Gasteiger partial charge in [0.25, 0.3) is 5.91 Å². The molecular weight excluding hydrogens is 236 g/mol. The summed E-state index contributed by atoms with van der Waals surface area (Å²) in [4.78, 5) is 13.7. The van der Waals surface area contributed by atoms with Crippen LogP contribution in [0.2, 0.25) is 0 Å². The maximum absolute atomic E-state index is 12.0. The van der Waals surface area contributed by atoms with Crippen molar-refractivity contribution in [3.05, 3.63) is 35.4 Å². The van der Waals surface area contributed by atoms with Crippen molar-refractivity contribution in [2.45, 2.75) is 20.4 Å². The Morgan fingerprint density at radius 2 is 1.82 bits per heavy atom. The maximum atomic E-state index is 12.0. The molecule has 1 amide bonds. The first-order chi connectivity index (χ1) is 7.54. The number of nitrogens with zero attached hydrogens (tertiary/aromatic N) is 1. The van der Waals surface area contributed by atoms with Gasteiger partial charge < -0.3 is 10.6 Å². The van der Waals surface area contributed by atoms with Crippen LogP contribution in [-0.4, -0.2) is 24.4 Å². The lowest BCUT2D eigenvalue weighted by molar-refractivity contribution is 0.0779. The van der Waals surface area contributed by atoms with Crippen LogP contribution < -0.4 is 5.73 Å². The molecule has 1 aromatic carbocycles. The number of nitrogens with two attached hydrogens (primary N) is 1. The van der Waals surface area contributed by atoms with Crippen molar-refractivity contribution in [2.75, 3.05) is 13.6 Å². The Morgan fingerprint density at radius 3 is 2.24 bits per heavy atom. The number of amides is 1. The fourth-order valence-electron chi connectivity index (χ4n) is 1.63. The molecular formula is C13H21ClN2O. The van der Waals surface area contributed by atoms with Crippen LogP contribution in [-0.2, 0) is 6.54 Å². The molecule has 0 aliphatic rings. The Bertz CT molecular complexity index is 349. The summed E-state index contributed by atoms with van der Waals surface area (Å²) in [5.74, 6) is 0.550. The summed E-state index contributed by atoms with van der Waals surface area (Å²) in [6.45, 7) is 5.48. The van der Waals surface area contributed by atoms with E-state index < -0.39 is 0 Å². The van der Waals surface area contributed by atoms with Gasteiger partial charge >= 0.3 is 0 Å². The van der Waals surface area contributed by atoms with Crippen molar-refractivity contribution in [3.8, 4) is 0 Å². The SMILES string of the molecule is CC(C)CN(C)C(=O)c1ccc(CN)cc1.Cl. The standard InChI is InChI=1S/C13H20N2O.ClH/c1-10(2)9-15(3)13(16)12-6-4-11(8-14)5-7-12;/h4-7,10H,8-9,14H2,1-3H3;1H. The molecule has 0 atom stereocenters. The highest BCUT2D eigenvalue weighted by Gasteiger charge is 2.12. The highest BCUT2D eigenvalue weighted by atomic mass is 35.5. The Balaban J connectivity index is 0.00000256. The molecule has 0 saturated heterocycles. The number of benzene rings is 1. The van der Waals surface area contributed by atoms with E-state index in [1.165, 1.54) is 0 Å². The lowest BCUT2D eigenvalue weighted by Gasteiger charge is -2.19. The second-order valence-electron chi connectivity index (χ2n) is 4.48. The molecule has 0 fully saturated rings. The number of hydrogen-bond donors (Lipinski definition) is 1. The second kappa shape index (κ2) is 7.30. The van der Waals surface area contributed by atoms with Gasteiger partial charge in [-0.1, -0.05) is 26.0 Å². The summed E-state index contributed by atoms with van der Waals surface area (Å²) in [6.07, 6.45) is 0. The normalized spacial score (nSPS) is 9.94. The molecule has 4 heteroatoms. The molecule has 2 N–H and O–H groups in total. The molecule has 0 aliphatic heterocycles. The summed E-state index contributed by atoms with van der Waals surface area (Å²) in [5.41, 5.74) is 7.27. The molecule has 0 spiro atoms. The van der Waals surface area contributed by atoms with Gasteiger partial charge in [-0.2, -0.15) is 0 Å². The summed E-state index contributed by atoms with van der Waals surface area (Å²) < 4.78 is 0. The summed E-state index contributed by atoms with van der Waals surface area (Å²) in [6, 6.07) is 7.47. The Hall–Kier alpha value is -1.06. The van der Waals surface area contributed by atoms with Gasteiger partial charge in [-0.3, -0.25) is 4.79 Å². The van der Waals surface area contributed by atoms with Gasteiger partial charge in [-0.25, -0.2) is 0 Å². The maximum Gasteiger partial charge on any atom is 0.253 e. The summed E-state index contributed by atoms with van der Waals surface area (Å²) >= 11 is 0. The van der Waals surface area contributed by atoms with E-state index in [0.29, 0.717) is 12.5 Å². The average Bonchev–Trinajstić information content (AvgIpc) is 2.27. The van der Waals surface area contributed by atoms with Gasteiger partial charge in [-0.15, -0.1) is 12.4 Å². The van der Waals surface area contributed by atoms with Crippen LogP contribution in [0.25, 0.3) is 0 Å². The molecule has 0 unspecified atom stereocenters. The van der Waals surface area contributed by atoms with Crippen LogP contribution in [0.4, 0.5) is 0 Å². The molecule has 17 heavy (non-hydrogen) atoms. The van der Waals surface area contributed by atoms with Gasteiger partial charge in [0.2, 0.25) is 0 Å². The third-order valence-electron chi connectivity index (χ3n) is 2.42. The van der Waals surface area contributed by atoms with E-state index in [4.69, 9.17) is 5.73 Å². The van der Waals surface area contributed by atoms with Crippen LogP contribution in [0.1, 0.15) is 29.8 Å². The van der Waals surface area contributed by atoms with E-state index in [2.05, 4.69) is 13.8 Å². The minimum Gasteiger partial charge on any atom is -0.341 e. The fraction of sp³-hybridized carbons (Fsp3) is 0.462.